The molecule has 0 aromatic heterocycles. The van der Waals surface area contributed by atoms with Gasteiger partial charge in [-0.15, -0.1) is 0 Å². The van der Waals surface area contributed by atoms with E-state index in [4.69, 9.17) is 14.6 Å². The van der Waals surface area contributed by atoms with E-state index in [1.165, 1.54) is 0 Å². The topological polar surface area (TPSA) is 177 Å². The molecule has 0 aromatic rings. The largest absolute Gasteiger partial charge is 0.394 e. The van der Waals surface area contributed by atoms with Crippen LogP contribution < -0.4 is 0 Å². The van der Waals surface area contributed by atoms with Gasteiger partial charge in [0.05, 0.1) is 13.2 Å². The Morgan fingerprint density at radius 3 is 2.29 bits per heavy atom. The van der Waals surface area contributed by atoms with Crippen molar-refractivity contribution in [1.82, 2.24) is 0 Å². The SMILES string of the molecule is O=C[C@H](O[C@@H]1OC[C@@H](O)[C@H](O)[C@H]1O)[C@@H](O)[C@H](O)[C@H](O)CO. The zero-order valence-corrected chi connectivity index (χ0v) is 11.0. The van der Waals surface area contributed by atoms with Crippen molar-refractivity contribution in [3.05, 3.63) is 0 Å². The van der Waals surface area contributed by atoms with Crippen LogP contribution in [0.5, 0.6) is 0 Å². The maximum atomic E-state index is 10.9. The molecule has 10 nitrogen and oxygen atoms in total. The van der Waals surface area contributed by atoms with Gasteiger partial charge in [-0.1, -0.05) is 0 Å². The molecule has 0 aromatic carbocycles. The highest BCUT2D eigenvalue weighted by molar-refractivity contribution is 5.57. The highest BCUT2D eigenvalue weighted by Crippen LogP contribution is 2.19. The van der Waals surface area contributed by atoms with Crippen molar-refractivity contribution in [3.63, 3.8) is 0 Å². The molecule has 21 heavy (non-hydrogen) atoms. The van der Waals surface area contributed by atoms with Gasteiger partial charge in [-0.2, -0.15) is 0 Å². The van der Waals surface area contributed by atoms with Crippen LogP contribution >= 0.6 is 0 Å². The normalized spacial score (nSPS) is 35.8. The molecule has 0 amide bonds. The minimum absolute atomic E-state index is 0.103. The maximum absolute atomic E-state index is 10.9. The van der Waals surface area contributed by atoms with Crippen molar-refractivity contribution in [1.29, 1.82) is 0 Å². The Morgan fingerprint density at radius 1 is 1.14 bits per heavy atom. The summed E-state index contributed by atoms with van der Waals surface area (Å²) in [5, 5.41) is 65.3. The third-order valence-corrected chi connectivity index (χ3v) is 3.15. The Labute approximate surface area is 119 Å². The quantitative estimate of drug-likeness (QED) is 0.225. The third kappa shape index (κ3) is 4.39. The summed E-state index contributed by atoms with van der Waals surface area (Å²) in [6.45, 7) is -1.22. The van der Waals surface area contributed by atoms with Crippen LogP contribution in [0.3, 0.4) is 0 Å². The first-order chi connectivity index (χ1) is 9.83. The zero-order chi connectivity index (χ0) is 16.2. The van der Waals surface area contributed by atoms with Gasteiger partial charge in [-0.25, -0.2) is 0 Å². The number of carbonyl (C=O) groups is 1. The van der Waals surface area contributed by atoms with E-state index in [1.54, 1.807) is 0 Å². The number of aliphatic hydroxyl groups is 7. The Bertz CT molecular complexity index is 326. The molecule has 0 spiro atoms. The molecular weight excluding hydrogens is 292 g/mol. The van der Waals surface area contributed by atoms with E-state index in [0.717, 1.165) is 0 Å². The predicted molar refractivity (Wildman–Crippen MR) is 63.8 cm³/mol. The number of hydrogen-bond donors (Lipinski definition) is 7. The molecular formula is C11H20O10. The lowest BCUT2D eigenvalue weighted by Crippen LogP contribution is -2.56. The summed E-state index contributed by atoms with van der Waals surface area (Å²) in [5.41, 5.74) is 0. The van der Waals surface area contributed by atoms with E-state index >= 15 is 0 Å². The molecule has 0 radical (unpaired) electrons. The van der Waals surface area contributed by atoms with Gasteiger partial charge in [-0.05, 0) is 0 Å². The molecule has 1 saturated heterocycles. The summed E-state index contributed by atoms with van der Waals surface area (Å²) in [6.07, 6.45) is -13.2. The fourth-order valence-corrected chi connectivity index (χ4v) is 1.78. The molecule has 124 valence electrons. The van der Waals surface area contributed by atoms with E-state index in [0.29, 0.717) is 0 Å². The average Bonchev–Trinajstić information content (AvgIpc) is 2.49. The molecule has 1 fully saturated rings. The molecule has 0 unspecified atom stereocenters. The lowest BCUT2D eigenvalue weighted by atomic mass is 10.0. The number of ether oxygens (including phenoxy) is 2. The first-order valence-electron chi connectivity index (χ1n) is 6.25. The van der Waals surface area contributed by atoms with Gasteiger partial charge in [0.2, 0.25) is 0 Å². The lowest BCUT2D eigenvalue weighted by molar-refractivity contribution is -0.288. The second-order valence-corrected chi connectivity index (χ2v) is 4.72. The van der Waals surface area contributed by atoms with E-state index < -0.39 is 55.6 Å². The van der Waals surface area contributed by atoms with Gasteiger partial charge in [0.15, 0.2) is 12.6 Å². The number of rotatable bonds is 7. The second-order valence-electron chi connectivity index (χ2n) is 4.72. The van der Waals surface area contributed by atoms with Gasteiger partial charge < -0.3 is 50.0 Å². The van der Waals surface area contributed by atoms with Crippen molar-refractivity contribution < 1.29 is 50.0 Å². The van der Waals surface area contributed by atoms with Crippen molar-refractivity contribution in [3.8, 4) is 0 Å². The summed E-state index contributed by atoms with van der Waals surface area (Å²) in [4.78, 5) is 10.9. The lowest BCUT2D eigenvalue weighted by Gasteiger charge is -2.37. The van der Waals surface area contributed by atoms with E-state index in [-0.39, 0.29) is 12.9 Å². The first-order valence-corrected chi connectivity index (χ1v) is 6.25. The fraction of sp³-hybridized carbons (Fsp3) is 0.909. The minimum Gasteiger partial charge on any atom is -0.394 e. The number of hydrogen-bond acceptors (Lipinski definition) is 10. The molecule has 0 saturated carbocycles. The molecule has 1 aliphatic rings. The fourth-order valence-electron chi connectivity index (χ4n) is 1.78. The zero-order valence-electron chi connectivity index (χ0n) is 11.0. The molecule has 1 rings (SSSR count). The van der Waals surface area contributed by atoms with E-state index in [1.807, 2.05) is 0 Å². The van der Waals surface area contributed by atoms with Crippen LogP contribution in [-0.2, 0) is 14.3 Å². The Hall–Kier alpha value is -0.690. The van der Waals surface area contributed by atoms with Crippen LogP contribution in [0.1, 0.15) is 0 Å². The second kappa shape index (κ2) is 8.08. The van der Waals surface area contributed by atoms with Crippen LogP contribution in [0.15, 0.2) is 0 Å². The van der Waals surface area contributed by atoms with Crippen molar-refractivity contribution in [2.45, 2.75) is 49.0 Å². The van der Waals surface area contributed by atoms with E-state index in [9.17, 15) is 35.4 Å². The highest BCUT2D eigenvalue weighted by atomic mass is 16.7. The number of aldehydes is 1. The molecule has 7 N–H and O–H groups in total. The number of aliphatic hydroxyl groups excluding tert-OH is 7. The van der Waals surface area contributed by atoms with Gasteiger partial charge in [0.25, 0.3) is 0 Å². The highest BCUT2D eigenvalue weighted by Gasteiger charge is 2.41. The Balaban J connectivity index is 2.67. The van der Waals surface area contributed by atoms with Crippen molar-refractivity contribution in [2.24, 2.45) is 0 Å². The van der Waals surface area contributed by atoms with Crippen LogP contribution in [-0.4, -0.2) is 104 Å². The summed E-state index contributed by atoms with van der Waals surface area (Å²) in [5.74, 6) is 0. The van der Waals surface area contributed by atoms with Crippen LogP contribution in [0.4, 0.5) is 0 Å². The van der Waals surface area contributed by atoms with Crippen molar-refractivity contribution >= 4 is 6.29 Å². The molecule has 0 bridgehead atoms. The molecule has 8 atom stereocenters. The van der Waals surface area contributed by atoms with Crippen molar-refractivity contribution in [2.75, 3.05) is 13.2 Å². The molecule has 10 heteroatoms. The maximum Gasteiger partial charge on any atom is 0.187 e. The van der Waals surface area contributed by atoms with Gasteiger partial charge in [-0.3, -0.25) is 0 Å². The predicted octanol–water partition coefficient (Wildman–Crippen LogP) is -4.92. The minimum atomic E-state index is -1.90. The number of carbonyl (C=O) groups excluding carboxylic acids is 1. The van der Waals surface area contributed by atoms with Crippen LogP contribution in [0.25, 0.3) is 0 Å². The monoisotopic (exact) mass is 312 g/mol. The Kier molecular flexibility index (Phi) is 7.06. The third-order valence-electron chi connectivity index (χ3n) is 3.15. The smallest absolute Gasteiger partial charge is 0.187 e. The summed E-state index contributed by atoms with van der Waals surface area (Å²) in [7, 11) is 0. The van der Waals surface area contributed by atoms with Gasteiger partial charge in [0.1, 0.15) is 42.7 Å². The summed E-state index contributed by atoms with van der Waals surface area (Å²) in [6, 6.07) is 0. The van der Waals surface area contributed by atoms with Gasteiger partial charge in [0, 0.05) is 0 Å². The molecule has 1 aliphatic heterocycles. The summed E-state index contributed by atoms with van der Waals surface area (Å²) < 4.78 is 9.81. The summed E-state index contributed by atoms with van der Waals surface area (Å²) >= 11 is 0. The standard InChI is InChI=1S/C11H20O10/c12-1-4(14)7(16)9(18)6(2-13)21-11-10(19)8(17)5(15)3-20-11/h2,4-12,14-19H,1,3H2/t4-,5-,6+,7-,8+,9-,10-,11+/m1/s1. The van der Waals surface area contributed by atoms with E-state index in [2.05, 4.69) is 0 Å². The van der Waals surface area contributed by atoms with Crippen LogP contribution in [0.2, 0.25) is 0 Å². The van der Waals surface area contributed by atoms with Crippen LogP contribution in [0, 0.1) is 0 Å². The molecule has 1 heterocycles. The van der Waals surface area contributed by atoms with Gasteiger partial charge >= 0.3 is 0 Å². The Morgan fingerprint density at radius 2 is 1.76 bits per heavy atom. The average molecular weight is 312 g/mol. The first kappa shape index (κ1) is 18.4. The molecule has 0 aliphatic carbocycles.